The molecule has 1 rings (SSSR count). The Kier molecular flexibility index (Phi) is 6.22. The number of allylic oxidation sites excluding steroid dienone is 4. The second-order valence-electron chi connectivity index (χ2n) is 4.91. The highest BCUT2D eigenvalue weighted by molar-refractivity contribution is 5.14. The Bertz CT molecular complexity index is 247. The van der Waals surface area contributed by atoms with Gasteiger partial charge in [0, 0.05) is 0 Å². The minimum atomic E-state index is 0.622. The van der Waals surface area contributed by atoms with Gasteiger partial charge >= 0.3 is 0 Å². The van der Waals surface area contributed by atoms with Crippen molar-refractivity contribution in [1.29, 1.82) is 0 Å². The molecule has 90 valence electrons. The third-order valence-electron chi connectivity index (χ3n) is 3.68. The predicted octanol–water partition coefficient (Wildman–Crippen LogP) is 5.28. The standard InChI is InChI=1S/C16H26/c1-4-7-8-9-10-14-11-12-15(5-2)16(6-3)13-14/h5-6,11,15-16H,2-4,7-10,12-13H2,1H3/t15-,16+/m1/s1. The first kappa shape index (κ1) is 13.3. The molecule has 0 unspecified atom stereocenters. The smallest absolute Gasteiger partial charge is 0.0133 e. The first-order chi connectivity index (χ1) is 7.81. The van der Waals surface area contributed by atoms with Crippen LogP contribution in [0.3, 0.4) is 0 Å². The lowest BCUT2D eigenvalue weighted by Crippen LogP contribution is -2.15. The van der Waals surface area contributed by atoms with Crippen LogP contribution < -0.4 is 0 Å². The van der Waals surface area contributed by atoms with Gasteiger partial charge in [0.15, 0.2) is 0 Å². The van der Waals surface area contributed by atoms with Crippen LogP contribution in [0.5, 0.6) is 0 Å². The normalized spacial score (nSPS) is 24.9. The zero-order valence-electron chi connectivity index (χ0n) is 10.8. The van der Waals surface area contributed by atoms with Crippen LogP contribution in [0.1, 0.15) is 51.9 Å². The molecular formula is C16H26. The number of hydrogen-bond acceptors (Lipinski definition) is 0. The lowest BCUT2D eigenvalue weighted by molar-refractivity contribution is 0.443. The van der Waals surface area contributed by atoms with Gasteiger partial charge in [-0.1, -0.05) is 50.0 Å². The van der Waals surface area contributed by atoms with Crippen molar-refractivity contribution in [2.45, 2.75) is 51.9 Å². The van der Waals surface area contributed by atoms with E-state index in [1.165, 1.54) is 44.9 Å². The van der Waals surface area contributed by atoms with E-state index in [0.717, 1.165) is 0 Å². The van der Waals surface area contributed by atoms with Crippen molar-refractivity contribution in [1.82, 2.24) is 0 Å². The molecule has 0 aromatic rings. The Morgan fingerprint density at radius 3 is 2.56 bits per heavy atom. The highest BCUT2D eigenvalue weighted by atomic mass is 14.2. The summed E-state index contributed by atoms with van der Waals surface area (Å²) in [5.41, 5.74) is 1.65. The van der Waals surface area contributed by atoms with Crippen LogP contribution in [0.15, 0.2) is 37.0 Å². The molecule has 0 saturated heterocycles. The van der Waals surface area contributed by atoms with Crippen molar-refractivity contribution < 1.29 is 0 Å². The Hall–Kier alpha value is -0.780. The summed E-state index contributed by atoms with van der Waals surface area (Å²) in [5, 5.41) is 0. The molecule has 0 heterocycles. The van der Waals surface area contributed by atoms with Crippen molar-refractivity contribution in [3.8, 4) is 0 Å². The van der Waals surface area contributed by atoms with Crippen LogP contribution in [0, 0.1) is 11.8 Å². The fourth-order valence-corrected chi connectivity index (χ4v) is 2.53. The van der Waals surface area contributed by atoms with E-state index in [0.29, 0.717) is 11.8 Å². The third kappa shape index (κ3) is 4.00. The Morgan fingerprint density at radius 1 is 1.19 bits per heavy atom. The molecule has 0 heteroatoms. The summed E-state index contributed by atoms with van der Waals surface area (Å²) in [7, 11) is 0. The number of unbranched alkanes of at least 4 members (excludes halogenated alkanes) is 3. The lowest BCUT2D eigenvalue weighted by atomic mass is 9.78. The van der Waals surface area contributed by atoms with Crippen LogP contribution in [-0.4, -0.2) is 0 Å². The van der Waals surface area contributed by atoms with Crippen LogP contribution >= 0.6 is 0 Å². The minimum absolute atomic E-state index is 0.622. The second-order valence-corrected chi connectivity index (χ2v) is 4.91. The summed E-state index contributed by atoms with van der Waals surface area (Å²) in [6, 6.07) is 0. The second kappa shape index (κ2) is 7.49. The average Bonchev–Trinajstić information content (AvgIpc) is 2.34. The van der Waals surface area contributed by atoms with E-state index in [9.17, 15) is 0 Å². The van der Waals surface area contributed by atoms with E-state index in [1.807, 2.05) is 0 Å². The summed E-state index contributed by atoms with van der Waals surface area (Å²) < 4.78 is 0. The molecule has 0 amide bonds. The van der Waals surface area contributed by atoms with Crippen molar-refractivity contribution >= 4 is 0 Å². The molecule has 0 saturated carbocycles. The zero-order valence-corrected chi connectivity index (χ0v) is 10.8. The van der Waals surface area contributed by atoms with Gasteiger partial charge < -0.3 is 0 Å². The van der Waals surface area contributed by atoms with Gasteiger partial charge in [-0.2, -0.15) is 0 Å². The van der Waals surface area contributed by atoms with Crippen molar-refractivity contribution in [3.63, 3.8) is 0 Å². The maximum Gasteiger partial charge on any atom is -0.0133 e. The molecule has 0 bridgehead atoms. The molecule has 0 aromatic carbocycles. The molecule has 0 aromatic heterocycles. The average molecular weight is 218 g/mol. The Balaban J connectivity index is 2.35. The van der Waals surface area contributed by atoms with Gasteiger partial charge in [-0.25, -0.2) is 0 Å². The van der Waals surface area contributed by atoms with Gasteiger partial charge in [-0.3, -0.25) is 0 Å². The maximum absolute atomic E-state index is 3.95. The molecule has 0 aliphatic heterocycles. The Morgan fingerprint density at radius 2 is 1.94 bits per heavy atom. The van der Waals surface area contributed by atoms with Gasteiger partial charge in [-0.15, -0.1) is 13.2 Å². The molecule has 0 nitrogen and oxygen atoms in total. The third-order valence-corrected chi connectivity index (χ3v) is 3.68. The van der Waals surface area contributed by atoms with Gasteiger partial charge in [0.2, 0.25) is 0 Å². The first-order valence-corrected chi connectivity index (χ1v) is 6.74. The molecule has 16 heavy (non-hydrogen) atoms. The highest BCUT2D eigenvalue weighted by Crippen LogP contribution is 2.33. The molecule has 0 spiro atoms. The van der Waals surface area contributed by atoms with Gasteiger partial charge in [0.05, 0.1) is 0 Å². The van der Waals surface area contributed by atoms with E-state index < -0.39 is 0 Å². The van der Waals surface area contributed by atoms with Gasteiger partial charge in [0.1, 0.15) is 0 Å². The van der Waals surface area contributed by atoms with E-state index in [1.54, 1.807) is 5.57 Å². The van der Waals surface area contributed by atoms with E-state index in [-0.39, 0.29) is 0 Å². The van der Waals surface area contributed by atoms with Crippen LogP contribution in [0.4, 0.5) is 0 Å². The topological polar surface area (TPSA) is 0 Å². The maximum atomic E-state index is 3.95. The number of hydrogen-bond donors (Lipinski definition) is 0. The van der Waals surface area contributed by atoms with E-state index >= 15 is 0 Å². The first-order valence-electron chi connectivity index (χ1n) is 6.74. The highest BCUT2D eigenvalue weighted by Gasteiger charge is 2.20. The Labute approximate surface area is 101 Å². The lowest BCUT2D eigenvalue weighted by Gasteiger charge is -2.27. The molecule has 2 atom stereocenters. The van der Waals surface area contributed by atoms with Crippen molar-refractivity contribution in [3.05, 3.63) is 37.0 Å². The summed E-state index contributed by atoms with van der Waals surface area (Å²) in [5.74, 6) is 1.25. The minimum Gasteiger partial charge on any atom is -0.103 e. The van der Waals surface area contributed by atoms with Gasteiger partial charge in [-0.05, 0) is 37.5 Å². The fourth-order valence-electron chi connectivity index (χ4n) is 2.53. The molecule has 1 aliphatic rings. The zero-order chi connectivity index (χ0) is 11.8. The summed E-state index contributed by atoms with van der Waals surface area (Å²) >= 11 is 0. The van der Waals surface area contributed by atoms with Gasteiger partial charge in [0.25, 0.3) is 0 Å². The van der Waals surface area contributed by atoms with Crippen LogP contribution in [-0.2, 0) is 0 Å². The van der Waals surface area contributed by atoms with E-state index in [2.05, 4.69) is 38.3 Å². The molecule has 0 N–H and O–H groups in total. The predicted molar refractivity (Wildman–Crippen MR) is 73.5 cm³/mol. The summed E-state index contributed by atoms with van der Waals surface area (Å²) in [6.07, 6.45) is 15.8. The van der Waals surface area contributed by atoms with Crippen LogP contribution in [0.2, 0.25) is 0 Å². The summed E-state index contributed by atoms with van der Waals surface area (Å²) in [6.45, 7) is 10.1. The quantitative estimate of drug-likeness (QED) is 0.403. The van der Waals surface area contributed by atoms with E-state index in [4.69, 9.17) is 0 Å². The monoisotopic (exact) mass is 218 g/mol. The molecular weight excluding hydrogens is 192 g/mol. The molecule has 0 radical (unpaired) electrons. The molecule has 0 fully saturated rings. The molecule has 1 aliphatic carbocycles. The van der Waals surface area contributed by atoms with Crippen molar-refractivity contribution in [2.24, 2.45) is 11.8 Å². The SMILES string of the molecule is C=C[C@@H]1CC=C(CCCCCC)C[C@@H]1C=C. The van der Waals surface area contributed by atoms with Crippen LogP contribution in [0.25, 0.3) is 0 Å². The van der Waals surface area contributed by atoms with Crippen molar-refractivity contribution in [2.75, 3.05) is 0 Å². The largest absolute Gasteiger partial charge is 0.103 e. The summed E-state index contributed by atoms with van der Waals surface area (Å²) in [4.78, 5) is 0. The number of rotatable bonds is 7. The fraction of sp³-hybridized carbons (Fsp3) is 0.625.